The van der Waals surface area contributed by atoms with E-state index in [0.29, 0.717) is 24.3 Å². The van der Waals surface area contributed by atoms with Crippen LogP contribution in [-0.4, -0.2) is 50.5 Å². The summed E-state index contributed by atoms with van der Waals surface area (Å²) in [6.07, 6.45) is 1.58. The van der Waals surface area contributed by atoms with Gasteiger partial charge in [-0.25, -0.2) is 9.78 Å². The maximum atomic E-state index is 12.2. The summed E-state index contributed by atoms with van der Waals surface area (Å²) < 4.78 is 4.22. The molecule has 1 atom stereocenters. The van der Waals surface area contributed by atoms with Crippen molar-refractivity contribution in [1.29, 1.82) is 0 Å². The summed E-state index contributed by atoms with van der Waals surface area (Å²) in [5.74, 6) is 0. The van der Waals surface area contributed by atoms with E-state index in [0.717, 1.165) is 16.0 Å². The van der Waals surface area contributed by atoms with Crippen molar-refractivity contribution in [3.8, 4) is 0 Å². The van der Waals surface area contributed by atoms with Crippen LogP contribution in [0, 0.1) is 0 Å². The summed E-state index contributed by atoms with van der Waals surface area (Å²) in [4.78, 5) is 29.3. The van der Waals surface area contributed by atoms with Gasteiger partial charge in [-0.05, 0) is 0 Å². The molecule has 0 spiro atoms. The number of imidazole rings is 1. The van der Waals surface area contributed by atoms with Gasteiger partial charge in [0.25, 0.3) is 5.56 Å². The maximum Gasteiger partial charge on any atom is 0.332 e. The van der Waals surface area contributed by atoms with Crippen LogP contribution in [0.2, 0.25) is 0 Å². The molecule has 8 nitrogen and oxygen atoms in total. The Morgan fingerprint density at radius 1 is 1.24 bits per heavy atom. The molecule has 0 radical (unpaired) electrons. The first-order chi connectivity index (χ1) is 9.47. The summed E-state index contributed by atoms with van der Waals surface area (Å²) in [7, 11) is 5.04. The topological polar surface area (TPSA) is 86.5 Å². The second-order valence-electron chi connectivity index (χ2n) is 5.00. The third-order valence-electron chi connectivity index (χ3n) is 3.54. The number of fused-ring (bicyclic) bond motifs is 1. The Bertz CT molecular complexity index is 733. The summed E-state index contributed by atoms with van der Waals surface area (Å²) in [5.41, 5.74) is 0.125. The summed E-state index contributed by atoms with van der Waals surface area (Å²) in [6, 6.07) is 0. The molecule has 2 N–H and O–H groups in total. The van der Waals surface area contributed by atoms with E-state index in [9.17, 15) is 9.59 Å². The lowest BCUT2D eigenvalue weighted by atomic mass is 10.4. The molecule has 9 heteroatoms. The Hall–Kier alpha value is -1.64. The van der Waals surface area contributed by atoms with Gasteiger partial charge in [0.2, 0.25) is 0 Å². The number of aromatic nitrogens is 4. The molecule has 2 heterocycles. The zero-order chi connectivity index (χ0) is 14.9. The van der Waals surface area contributed by atoms with Gasteiger partial charge < -0.3 is 27.0 Å². The fraction of sp³-hybridized carbons (Fsp3) is 0.583. The summed E-state index contributed by atoms with van der Waals surface area (Å²) in [6.45, 7) is 2.16. The number of hydrogen-bond donors (Lipinski definition) is 2. The van der Waals surface area contributed by atoms with Gasteiger partial charge >= 0.3 is 5.69 Å². The van der Waals surface area contributed by atoms with Gasteiger partial charge in [0.15, 0.2) is 11.2 Å². The van der Waals surface area contributed by atoms with Crippen LogP contribution >= 0.6 is 0 Å². The average Bonchev–Trinajstić information content (AvgIpc) is 2.85. The highest BCUT2D eigenvalue weighted by Crippen LogP contribution is 2.04. The summed E-state index contributed by atoms with van der Waals surface area (Å²) >= 11 is 0. The van der Waals surface area contributed by atoms with Crippen molar-refractivity contribution in [2.45, 2.75) is 6.54 Å². The van der Waals surface area contributed by atoms with Crippen molar-refractivity contribution < 1.29 is 22.4 Å². The molecule has 0 bridgehead atoms. The Labute approximate surface area is 127 Å². The zero-order valence-electron chi connectivity index (χ0n) is 12.3. The number of likely N-dealkylation sites (N-methyl/N-ethyl adjacent to an activating group) is 1. The molecule has 21 heavy (non-hydrogen) atoms. The van der Waals surface area contributed by atoms with Crippen LogP contribution in [0.4, 0.5) is 0 Å². The lowest BCUT2D eigenvalue weighted by molar-refractivity contribution is -0.880. The van der Waals surface area contributed by atoms with Crippen molar-refractivity contribution in [3.63, 3.8) is 0 Å². The van der Waals surface area contributed by atoms with Crippen LogP contribution in [-0.2, 0) is 20.6 Å². The minimum Gasteiger partial charge on any atom is -1.00 e. The first-order valence-electron chi connectivity index (χ1n) is 6.50. The Morgan fingerprint density at radius 2 is 1.90 bits per heavy atom. The van der Waals surface area contributed by atoms with Crippen LogP contribution in [0.3, 0.4) is 0 Å². The predicted octanol–water partition coefficient (Wildman–Crippen LogP) is -6.06. The highest BCUT2D eigenvalue weighted by atomic mass is 35.5. The lowest BCUT2D eigenvalue weighted by Crippen LogP contribution is -3.09. The van der Waals surface area contributed by atoms with Crippen LogP contribution in [0.25, 0.3) is 11.2 Å². The molecule has 2 rings (SSSR count). The van der Waals surface area contributed by atoms with E-state index < -0.39 is 0 Å². The standard InChI is InChI=1S/C12H19N5O3.ClH/c1-14(6-7-18)4-5-17-8-13-10-9(17)11(19)16(3)12(20)15(10)2;/h8,18H,4-7H2,1-3H3;1H. The van der Waals surface area contributed by atoms with Gasteiger partial charge in [0, 0.05) is 14.1 Å². The van der Waals surface area contributed by atoms with Crippen LogP contribution in [0.5, 0.6) is 0 Å². The monoisotopic (exact) mass is 317 g/mol. The van der Waals surface area contributed by atoms with E-state index in [-0.39, 0.29) is 30.3 Å². The number of aliphatic hydroxyl groups is 1. The van der Waals surface area contributed by atoms with E-state index in [1.807, 2.05) is 7.05 Å². The SMILES string of the molecule is Cn1c(=O)c2c(ncn2CC[NH+](C)CCO)n(C)c1=O.[Cl-]. The van der Waals surface area contributed by atoms with Crippen LogP contribution in [0.1, 0.15) is 0 Å². The number of rotatable bonds is 5. The lowest BCUT2D eigenvalue weighted by Gasteiger charge is -2.13. The molecule has 0 amide bonds. The van der Waals surface area contributed by atoms with Crippen LogP contribution in [0.15, 0.2) is 15.9 Å². The molecule has 1 unspecified atom stereocenters. The molecule has 118 valence electrons. The Balaban J connectivity index is 0.00000220. The largest absolute Gasteiger partial charge is 1.00 e. The number of nitrogens with one attached hydrogen (secondary N) is 1. The predicted molar refractivity (Wildman–Crippen MR) is 73.9 cm³/mol. The van der Waals surface area contributed by atoms with Crippen molar-refractivity contribution in [3.05, 3.63) is 27.2 Å². The summed E-state index contributed by atoms with van der Waals surface area (Å²) in [5, 5.41) is 8.88. The molecule has 2 aromatic heterocycles. The van der Waals surface area contributed by atoms with Crippen molar-refractivity contribution in [1.82, 2.24) is 18.7 Å². The molecule has 0 aliphatic heterocycles. The maximum absolute atomic E-state index is 12.2. The third-order valence-corrected chi connectivity index (χ3v) is 3.54. The average molecular weight is 318 g/mol. The van der Waals surface area contributed by atoms with Gasteiger partial charge in [-0.3, -0.25) is 13.9 Å². The molecule has 2 aromatic rings. The molecule has 0 saturated heterocycles. The van der Waals surface area contributed by atoms with Gasteiger partial charge in [-0.1, -0.05) is 0 Å². The second-order valence-corrected chi connectivity index (χ2v) is 5.00. The first-order valence-corrected chi connectivity index (χ1v) is 6.50. The van der Waals surface area contributed by atoms with E-state index in [1.165, 1.54) is 11.6 Å². The number of aryl methyl sites for hydroxylation is 1. The molecular formula is C12H20ClN5O3. The van der Waals surface area contributed by atoms with Crippen molar-refractivity contribution in [2.24, 2.45) is 14.1 Å². The highest BCUT2D eigenvalue weighted by molar-refractivity contribution is 5.69. The number of hydrogen-bond acceptors (Lipinski definition) is 4. The van der Waals surface area contributed by atoms with Gasteiger partial charge in [-0.2, -0.15) is 0 Å². The number of halogens is 1. The Kier molecular flexibility index (Phi) is 5.70. The molecule has 0 aliphatic rings. The number of quaternary nitrogens is 1. The smallest absolute Gasteiger partial charge is 0.332 e. The number of nitrogens with zero attached hydrogens (tertiary/aromatic N) is 4. The van der Waals surface area contributed by atoms with Crippen molar-refractivity contribution >= 4 is 11.2 Å². The van der Waals surface area contributed by atoms with E-state index in [4.69, 9.17) is 5.11 Å². The van der Waals surface area contributed by atoms with Crippen molar-refractivity contribution in [2.75, 3.05) is 26.7 Å². The van der Waals surface area contributed by atoms with Gasteiger partial charge in [0.05, 0.1) is 33.1 Å². The molecule has 0 fully saturated rings. The molecule has 0 saturated carbocycles. The third kappa shape index (κ3) is 3.17. The zero-order valence-corrected chi connectivity index (χ0v) is 13.1. The highest BCUT2D eigenvalue weighted by Gasteiger charge is 2.14. The Morgan fingerprint density at radius 3 is 2.52 bits per heavy atom. The quantitative estimate of drug-likeness (QED) is 0.575. The number of aliphatic hydroxyl groups excluding tert-OH is 1. The minimum absolute atomic E-state index is 0. The molecule has 0 aromatic carbocycles. The van der Waals surface area contributed by atoms with E-state index >= 15 is 0 Å². The van der Waals surface area contributed by atoms with Crippen LogP contribution < -0.4 is 28.6 Å². The molecule has 0 aliphatic carbocycles. The minimum atomic E-state index is -0.379. The van der Waals surface area contributed by atoms with E-state index in [2.05, 4.69) is 4.98 Å². The van der Waals surface area contributed by atoms with Gasteiger partial charge in [0.1, 0.15) is 6.54 Å². The fourth-order valence-corrected chi connectivity index (χ4v) is 2.19. The van der Waals surface area contributed by atoms with Gasteiger partial charge in [-0.15, -0.1) is 0 Å². The second kappa shape index (κ2) is 6.88. The first kappa shape index (κ1) is 17.4. The normalized spacial score (nSPS) is 12.4. The molecular weight excluding hydrogens is 298 g/mol. The fourth-order valence-electron chi connectivity index (χ4n) is 2.19. The van der Waals surface area contributed by atoms with E-state index in [1.54, 1.807) is 17.9 Å².